The third-order valence-corrected chi connectivity index (χ3v) is 4.88. The minimum absolute atomic E-state index is 0.136. The average Bonchev–Trinajstić information content (AvgIpc) is 2.82. The van der Waals surface area contributed by atoms with Gasteiger partial charge in [-0.3, -0.25) is 4.98 Å². The lowest BCUT2D eigenvalue weighted by atomic mass is 10.0. The Morgan fingerprint density at radius 2 is 1.77 bits per heavy atom. The van der Waals surface area contributed by atoms with Gasteiger partial charge in [-0.2, -0.15) is 0 Å². The van der Waals surface area contributed by atoms with Crippen molar-refractivity contribution in [1.29, 1.82) is 0 Å². The van der Waals surface area contributed by atoms with Crippen molar-refractivity contribution in [2.24, 2.45) is 0 Å². The van der Waals surface area contributed by atoms with E-state index in [9.17, 15) is 9.59 Å². The molecule has 0 fully saturated rings. The number of nitrogens with one attached hydrogen (secondary N) is 2. The van der Waals surface area contributed by atoms with Crippen molar-refractivity contribution in [3.05, 3.63) is 78.2 Å². The van der Waals surface area contributed by atoms with Gasteiger partial charge in [0.05, 0.1) is 28.6 Å². The molecular formula is C24H22N3O4+. The fourth-order valence-corrected chi connectivity index (χ4v) is 3.45. The predicted octanol–water partition coefficient (Wildman–Crippen LogP) is 3.65. The van der Waals surface area contributed by atoms with Crippen LogP contribution in [0.3, 0.4) is 0 Å². The lowest BCUT2D eigenvalue weighted by Crippen LogP contribution is -2.19. The summed E-state index contributed by atoms with van der Waals surface area (Å²) in [4.78, 5) is 31.8. The van der Waals surface area contributed by atoms with Gasteiger partial charge >= 0.3 is 11.9 Å². The molecule has 0 amide bonds. The highest BCUT2D eigenvalue weighted by atomic mass is 16.5. The quantitative estimate of drug-likeness (QED) is 0.281. The lowest BCUT2D eigenvalue weighted by Gasteiger charge is -2.13. The SMILES string of the molecule is CCOC(=O)c1c[nH+]c2c(ccc3ccccc32)c1NCCOC(=O)c1ccncc1. The molecule has 0 saturated heterocycles. The van der Waals surface area contributed by atoms with Crippen LogP contribution in [0.5, 0.6) is 0 Å². The van der Waals surface area contributed by atoms with E-state index >= 15 is 0 Å². The molecule has 4 aromatic rings. The van der Waals surface area contributed by atoms with Gasteiger partial charge in [0.2, 0.25) is 5.52 Å². The zero-order valence-corrected chi connectivity index (χ0v) is 17.1. The van der Waals surface area contributed by atoms with E-state index in [-0.39, 0.29) is 13.2 Å². The summed E-state index contributed by atoms with van der Waals surface area (Å²) in [6, 6.07) is 15.2. The van der Waals surface area contributed by atoms with Gasteiger partial charge in [0.25, 0.3) is 0 Å². The third-order valence-electron chi connectivity index (χ3n) is 4.88. The summed E-state index contributed by atoms with van der Waals surface area (Å²) in [6.07, 6.45) is 4.73. The van der Waals surface area contributed by atoms with Gasteiger partial charge in [0.15, 0.2) is 6.20 Å². The van der Waals surface area contributed by atoms with Crippen LogP contribution in [0.2, 0.25) is 0 Å². The Kier molecular flexibility index (Phi) is 6.03. The Morgan fingerprint density at radius 3 is 2.58 bits per heavy atom. The molecular weight excluding hydrogens is 394 g/mol. The number of anilines is 1. The summed E-state index contributed by atoms with van der Waals surface area (Å²) >= 11 is 0. The molecule has 0 saturated carbocycles. The van der Waals surface area contributed by atoms with Crippen LogP contribution in [-0.4, -0.2) is 36.7 Å². The number of H-pyrrole nitrogens is 1. The van der Waals surface area contributed by atoms with E-state index in [1.807, 2.05) is 36.4 Å². The molecule has 31 heavy (non-hydrogen) atoms. The van der Waals surface area contributed by atoms with E-state index in [1.54, 1.807) is 25.3 Å². The monoisotopic (exact) mass is 416 g/mol. The maximum Gasteiger partial charge on any atom is 0.346 e. The van der Waals surface area contributed by atoms with E-state index in [2.05, 4.69) is 15.3 Å². The minimum atomic E-state index is -0.426. The summed E-state index contributed by atoms with van der Waals surface area (Å²) in [5.41, 5.74) is 2.37. The molecule has 2 aromatic heterocycles. The Morgan fingerprint density at radius 1 is 0.968 bits per heavy atom. The highest BCUT2D eigenvalue weighted by Crippen LogP contribution is 2.30. The molecule has 0 aliphatic carbocycles. The molecule has 156 valence electrons. The predicted molar refractivity (Wildman–Crippen MR) is 117 cm³/mol. The van der Waals surface area contributed by atoms with Crippen LogP contribution < -0.4 is 10.3 Å². The van der Waals surface area contributed by atoms with Crippen LogP contribution in [-0.2, 0) is 9.47 Å². The van der Waals surface area contributed by atoms with Gasteiger partial charge in [-0.1, -0.05) is 24.3 Å². The number of ether oxygens (including phenoxy) is 2. The molecule has 0 aliphatic heterocycles. The van der Waals surface area contributed by atoms with Crippen LogP contribution in [0.1, 0.15) is 27.6 Å². The summed E-state index contributed by atoms with van der Waals surface area (Å²) in [6.45, 7) is 2.51. The second kappa shape index (κ2) is 9.21. The summed E-state index contributed by atoms with van der Waals surface area (Å²) in [5.74, 6) is -0.850. The number of aromatic nitrogens is 2. The molecule has 0 bridgehead atoms. The minimum Gasteiger partial charge on any atom is -0.462 e. The Balaban J connectivity index is 1.60. The van der Waals surface area contributed by atoms with Gasteiger partial charge in [0.1, 0.15) is 12.2 Å². The van der Waals surface area contributed by atoms with Crippen LogP contribution >= 0.6 is 0 Å². The average molecular weight is 416 g/mol. The number of hydrogen-bond acceptors (Lipinski definition) is 6. The first-order valence-electron chi connectivity index (χ1n) is 10.0. The highest BCUT2D eigenvalue weighted by molar-refractivity contribution is 6.11. The van der Waals surface area contributed by atoms with Crippen molar-refractivity contribution in [3.63, 3.8) is 0 Å². The summed E-state index contributed by atoms with van der Waals surface area (Å²) in [7, 11) is 0. The van der Waals surface area contributed by atoms with Crippen molar-refractivity contribution >= 4 is 39.3 Å². The number of rotatable bonds is 7. The van der Waals surface area contributed by atoms with Gasteiger partial charge in [0, 0.05) is 18.9 Å². The first-order valence-corrected chi connectivity index (χ1v) is 10.0. The first kappa shape index (κ1) is 20.3. The van der Waals surface area contributed by atoms with E-state index in [0.717, 1.165) is 21.7 Å². The van der Waals surface area contributed by atoms with Crippen molar-refractivity contribution in [3.8, 4) is 0 Å². The van der Waals surface area contributed by atoms with Gasteiger partial charge in [-0.15, -0.1) is 0 Å². The first-order chi connectivity index (χ1) is 15.2. The standard InChI is InChI=1S/C24H21N3O4/c1-2-30-24(29)20-15-27-21-18-6-4-3-5-16(18)7-8-19(21)22(20)26-13-14-31-23(28)17-9-11-25-12-10-17/h3-12,15H,2,13-14H2,1H3,(H,26,27)/p+1. The topological polar surface area (TPSA) is 91.7 Å². The molecule has 2 N–H and O–H groups in total. The molecule has 7 heteroatoms. The maximum absolute atomic E-state index is 12.5. The molecule has 2 aromatic carbocycles. The Labute approximate surface area is 179 Å². The fraction of sp³-hybridized carbons (Fsp3) is 0.167. The van der Waals surface area contributed by atoms with Crippen LogP contribution in [0.4, 0.5) is 5.69 Å². The van der Waals surface area contributed by atoms with E-state index < -0.39 is 11.9 Å². The van der Waals surface area contributed by atoms with E-state index in [4.69, 9.17) is 9.47 Å². The van der Waals surface area contributed by atoms with Crippen LogP contribution in [0.15, 0.2) is 67.1 Å². The second-order valence-electron chi connectivity index (χ2n) is 6.81. The fourth-order valence-electron chi connectivity index (χ4n) is 3.45. The van der Waals surface area contributed by atoms with Gasteiger partial charge in [-0.25, -0.2) is 14.6 Å². The molecule has 0 aliphatic rings. The molecule has 0 radical (unpaired) electrons. The molecule has 0 spiro atoms. The molecule has 0 atom stereocenters. The molecule has 7 nitrogen and oxygen atoms in total. The summed E-state index contributed by atoms with van der Waals surface area (Å²) in [5, 5.41) is 6.24. The highest BCUT2D eigenvalue weighted by Gasteiger charge is 2.21. The van der Waals surface area contributed by atoms with Gasteiger partial charge < -0.3 is 14.8 Å². The Hall–Kier alpha value is -4.00. The van der Waals surface area contributed by atoms with Crippen molar-refractivity contribution in [1.82, 2.24) is 4.98 Å². The molecule has 2 heterocycles. The van der Waals surface area contributed by atoms with Crippen molar-refractivity contribution in [2.45, 2.75) is 6.92 Å². The largest absolute Gasteiger partial charge is 0.462 e. The molecule has 4 rings (SSSR count). The van der Waals surface area contributed by atoms with Crippen molar-refractivity contribution in [2.75, 3.05) is 25.1 Å². The van der Waals surface area contributed by atoms with Crippen LogP contribution in [0, 0.1) is 0 Å². The second-order valence-corrected chi connectivity index (χ2v) is 6.81. The number of aromatic amines is 1. The molecule has 0 unspecified atom stereocenters. The number of carbonyl (C=O) groups is 2. The van der Waals surface area contributed by atoms with E-state index in [0.29, 0.717) is 23.4 Å². The number of hydrogen-bond donors (Lipinski definition) is 1. The Bertz CT molecular complexity index is 1240. The lowest BCUT2D eigenvalue weighted by molar-refractivity contribution is -0.343. The number of esters is 2. The number of benzene rings is 2. The number of nitrogens with zero attached hydrogens (tertiary/aromatic N) is 1. The van der Waals surface area contributed by atoms with Gasteiger partial charge in [-0.05, 0) is 36.6 Å². The maximum atomic E-state index is 12.5. The zero-order chi connectivity index (χ0) is 21.6. The summed E-state index contributed by atoms with van der Waals surface area (Å²) < 4.78 is 10.5. The third kappa shape index (κ3) is 4.30. The normalized spacial score (nSPS) is 10.7. The van der Waals surface area contributed by atoms with Crippen molar-refractivity contribution < 1.29 is 24.0 Å². The smallest absolute Gasteiger partial charge is 0.346 e. The number of pyridine rings is 2. The zero-order valence-electron chi connectivity index (χ0n) is 17.1. The number of fused-ring (bicyclic) bond motifs is 3. The van der Waals surface area contributed by atoms with E-state index in [1.165, 1.54) is 12.4 Å². The number of carbonyl (C=O) groups excluding carboxylic acids is 2. The van der Waals surface area contributed by atoms with Crippen LogP contribution in [0.25, 0.3) is 21.7 Å².